The molecule has 0 aliphatic heterocycles. The number of unbranched alkanes of at least 4 members (excludes halogenated alkanes) is 3. The third kappa shape index (κ3) is 4.28. The van der Waals surface area contributed by atoms with Gasteiger partial charge in [-0.15, -0.1) is 0 Å². The Morgan fingerprint density at radius 1 is 1.28 bits per heavy atom. The summed E-state index contributed by atoms with van der Waals surface area (Å²) in [4.78, 5) is 0. The second-order valence-electron chi connectivity index (χ2n) is 3.97. The van der Waals surface area contributed by atoms with Crippen molar-refractivity contribution in [3.05, 3.63) is 28.0 Å². The van der Waals surface area contributed by atoms with Crippen LogP contribution in [0.15, 0.2) is 16.6 Å². The van der Waals surface area contributed by atoms with Gasteiger partial charge in [0.1, 0.15) is 6.07 Å². The SMILES string of the molecule is N#Cc1ccc(NCCCCCCO)c(F)c1Br. The summed E-state index contributed by atoms with van der Waals surface area (Å²) in [5, 5.41) is 20.4. The third-order valence-electron chi connectivity index (χ3n) is 2.60. The van der Waals surface area contributed by atoms with Crippen LogP contribution in [0.3, 0.4) is 0 Å². The van der Waals surface area contributed by atoms with Crippen LogP contribution in [0, 0.1) is 17.1 Å². The van der Waals surface area contributed by atoms with Gasteiger partial charge in [0.25, 0.3) is 0 Å². The van der Waals surface area contributed by atoms with Crippen molar-refractivity contribution in [3.8, 4) is 6.07 Å². The molecule has 0 atom stereocenters. The van der Waals surface area contributed by atoms with Crippen LogP contribution >= 0.6 is 15.9 Å². The van der Waals surface area contributed by atoms with Crippen molar-refractivity contribution < 1.29 is 9.50 Å². The van der Waals surface area contributed by atoms with Crippen LogP contribution in [-0.2, 0) is 0 Å². The number of hydrogen-bond donors (Lipinski definition) is 2. The van der Waals surface area contributed by atoms with E-state index in [4.69, 9.17) is 10.4 Å². The molecular weight excluding hydrogens is 299 g/mol. The number of aliphatic hydroxyl groups is 1. The molecule has 0 fully saturated rings. The van der Waals surface area contributed by atoms with Crippen LogP contribution in [0.4, 0.5) is 10.1 Å². The maximum Gasteiger partial charge on any atom is 0.161 e. The lowest BCUT2D eigenvalue weighted by molar-refractivity contribution is 0.283. The van der Waals surface area contributed by atoms with E-state index in [1.54, 1.807) is 12.1 Å². The van der Waals surface area contributed by atoms with Gasteiger partial charge in [0.05, 0.1) is 15.7 Å². The van der Waals surface area contributed by atoms with Crippen LogP contribution in [0.25, 0.3) is 0 Å². The molecule has 0 aromatic heterocycles. The first-order valence-electron chi connectivity index (χ1n) is 5.93. The fourth-order valence-electron chi connectivity index (χ4n) is 1.59. The first-order chi connectivity index (χ1) is 8.70. The standard InChI is InChI=1S/C13H16BrFN2O/c14-12-10(9-16)5-6-11(13(12)15)17-7-3-1-2-4-8-18/h5-6,17-18H,1-4,7-8H2. The number of aliphatic hydroxyl groups excluding tert-OH is 1. The van der Waals surface area contributed by atoms with Gasteiger partial charge < -0.3 is 10.4 Å². The molecule has 0 heterocycles. The predicted octanol–water partition coefficient (Wildman–Crippen LogP) is 3.42. The van der Waals surface area contributed by atoms with E-state index in [1.807, 2.05) is 6.07 Å². The molecule has 0 spiro atoms. The van der Waals surface area contributed by atoms with Gasteiger partial charge in [-0.05, 0) is 40.9 Å². The van der Waals surface area contributed by atoms with Gasteiger partial charge in [-0.3, -0.25) is 0 Å². The predicted molar refractivity (Wildman–Crippen MR) is 72.9 cm³/mol. The summed E-state index contributed by atoms with van der Waals surface area (Å²) in [7, 11) is 0. The van der Waals surface area contributed by atoms with Crippen molar-refractivity contribution in [1.29, 1.82) is 5.26 Å². The molecule has 0 unspecified atom stereocenters. The van der Waals surface area contributed by atoms with Gasteiger partial charge >= 0.3 is 0 Å². The van der Waals surface area contributed by atoms with Crippen molar-refractivity contribution in [2.24, 2.45) is 0 Å². The lowest BCUT2D eigenvalue weighted by Crippen LogP contribution is -2.04. The first-order valence-corrected chi connectivity index (χ1v) is 6.73. The van der Waals surface area contributed by atoms with E-state index in [1.165, 1.54) is 0 Å². The highest BCUT2D eigenvalue weighted by molar-refractivity contribution is 9.10. The smallest absolute Gasteiger partial charge is 0.161 e. The topological polar surface area (TPSA) is 56.0 Å². The van der Waals surface area contributed by atoms with Crippen LogP contribution in [-0.4, -0.2) is 18.3 Å². The number of nitriles is 1. The van der Waals surface area contributed by atoms with E-state index in [0.717, 1.165) is 25.7 Å². The normalized spacial score (nSPS) is 10.1. The summed E-state index contributed by atoms with van der Waals surface area (Å²) in [6.07, 6.45) is 3.73. The number of benzene rings is 1. The second-order valence-corrected chi connectivity index (χ2v) is 4.76. The van der Waals surface area contributed by atoms with Gasteiger partial charge in [0.15, 0.2) is 5.82 Å². The van der Waals surface area contributed by atoms with E-state index in [-0.39, 0.29) is 11.1 Å². The molecule has 1 aromatic rings. The fraction of sp³-hybridized carbons (Fsp3) is 0.462. The van der Waals surface area contributed by atoms with E-state index < -0.39 is 5.82 Å². The first kappa shape index (κ1) is 14.9. The Kier molecular flexibility index (Phi) is 6.69. The maximum atomic E-state index is 13.8. The summed E-state index contributed by atoms with van der Waals surface area (Å²) in [6, 6.07) is 5.08. The van der Waals surface area contributed by atoms with E-state index in [9.17, 15) is 4.39 Å². The van der Waals surface area contributed by atoms with Crippen molar-refractivity contribution >= 4 is 21.6 Å². The Labute approximate surface area is 115 Å². The molecule has 0 aliphatic carbocycles. The molecule has 98 valence electrons. The number of hydrogen-bond acceptors (Lipinski definition) is 3. The zero-order valence-electron chi connectivity index (χ0n) is 10.0. The van der Waals surface area contributed by atoms with Crippen LogP contribution in [0.2, 0.25) is 0 Å². The molecule has 0 radical (unpaired) electrons. The van der Waals surface area contributed by atoms with Gasteiger partial charge in [0.2, 0.25) is 0 Å². The average Bonchev–Trinajstić information content (AvgIpc) is 2.38. The summed E-state index contributed by atoms with van der Waals surface area (Å²) < 4.78 is 14.0. The molecule has 0 aliphatic rings. The van der Waals surface area contributed by atoms with E-state index in [0.29, 0.717) is 17.8 Å². The quantitative estimate of drug-likeness (QED) is 0.758. The second kappa shape index (κ2) is 8.06. The number of rotatable bonds is 7. The van der Waals surface area contributed by atoms with Crippen molar-refractivity contribution in [3.63, 3.8) is 0 Å². The minimum absolute atomic E-state index is 0.204. The molecule has 0 bridgehead atoms. The number of nitrogens with one attached hydrogen (secondary N) is 1. The number of halogens is 2. The Morgan fingerprint density at radius 3 is 2.67 bits per heavy atom. The Balaban J connectivity index is 2.44. The zero-order valence-corrected chi connectivity index (χ0v) is 11.6. The molecule has 1 rings (SSSR count). The highest BCUT2D eigenvalue weighted by Gasteiger charge is 2.10. The Bertz CT molecular complexity index is 432. The lowest BCUT2D eigenvalue weighted by atomic mass is 10.2. The molecule has 3 nitrogen and oxygen atoms in total. The van der Waals surface area contributed by atoms with Crippen LogP contribution < -0.4 is 5.32 Å². The lowest BCUT2D eigenvalue weighted by Gasteiger charge is -2.09. The zero-order chi connectivity index (χ0) is 13.4. The summed E-state index contributed by atoms with van der Waals surface area (Å²) in [5.74, 6) is -0.426. The van der Waals surface area contributed by atoms with Crippen molar-refractivity contribution in [2.75, 3.05) is 18.5 Å². The molecule has 0 amide bonds. The maximum absolute atomic E-state index is 13.8. The molecule has 0 saturated carbocycles. The Morgan fingerprint density at radius 2 is 2.00 bits per heavy atom. The average molecular weight is 315 g/mol. The summed E-state index contributed by atoms with van der Waals surface area (Å²) in [6.45, 7) is 0.908. The van der Waals surface area contributed by atoms with Crippen LogP contribution in [0.5, 0.6) is 0 Å². The van der Waals surface area contributed by atoms with E-state index in [2.05, 4.69) is 21.2 Å². The Hall–Kier alpha value is -1.12. The summed E-state index contributed by atoms with van der Waals surface area (Å²) >= 11 is 3.07. The highest BCUT2D eigenvalue weighted by atomic mass is 79.9. The van der Waals surface area contributed by atoms with Crippen LogP contribution in [0.1, 0.15) is 31.2 Å². The number of nitrogens with zero attached hydrogens (tertiary/aromatic N) is 1. The third-order valence-corrected chi connectivity index (χ3v) is 3.38. The van der Waals surface area contributed by atoms with Gasteiger partial charge in [-0.1, -0.05) is 12.8 Å². The van der Waals surface area contributed by atoms with Crippen molar-refractivity contribution in [1.82, 2.24) is 0 Å². The van der Waals surface area contributed by atoms with Crippen molar-refractivity contribution in [2.45, 2.75) is 25.7 Å². The monoisotopic (exact) mass is 314 g/mol. The fourth-order valence-corrected chi connectivity index (χ4v) is 2.02. The van der Waals surface area contributed by atoms with Gasteiger partial charge in [0, 0.05) is 13.2 Å². The minimum Gasteiger partial charge on any atom is -0.396 e. The number of anilines is 1. The van der Waals surface area contributed by atoms with Gasteiger partial charge in [-0.2, -0.15) is 5.26 Å². The summed E-state index contributed by atoms with van der Waals surface area (Å²) in [5.41, 5.74) is 0.698. The molecule has 1 aromatic carbocycles. The van der Waals surface area contributed by atoms with Gasteiger partial charge in [-0.25, -0.2) is 4.39 Å². The molecule has 2 N–H and O–H groups in total. The molecule has 5 heteroatoms. The largest absolute Gasteiger partial charge is 0.396 e. The van der Waals surface area contributed by atoms with E-state index >= 15 is 0 Å². The molecular formula is C13H16BrFN2O. The molecule has 0 saturated heterocycles. The minimum atomic E-state index is -0.426. The highest BCUT2D eigenvalue weighted by Crippen LogP contribution is 2.26. The molecule has 18 heavy (non-hydrogen) atoms.